The van der Waals surface area contributed by atoms with E-state index in [4.69, 9.17) is 17.3 Å². The maximum absolute atomic E-state index is 6.61. The average molecular weight is 258 g/mol. The first-order valence-corrected chi connectivity index (χ1v) is 6.67. The van der Waals surface area contributed by atoms with Crippen LogP contribution in [-0.4, -0.2) is 0 Å². The third-order valence-electron chi connectivity index (χ3n) is 3.83. The van der Waals surface area contributed by atoms with Gasteiger partial charge < -0.3 is 5.73 Å². The van der Waals surface area contributed by atoms with Gasteiger partial charge in [0.05, 0.1) is 0 Å². The standard InChI is InChI=1S/C16H16ClN/c17-14-7-5-12(6-8-14)11-16(18)10-9-13-3-1-2-4-15(13)16/h1-8H,9-11,18H2. The van der Waals surface area contributed by atoms with E-state index in [2.05, 4.69) is 36.4 Å². The van der Waals surface area contributed by atoms with Gasteiger partial charge in [0.1, 0.15) is 0 Å². The Kier molecular flexibility index (Phi) is 2.89. The van der Waals surface area contributed by atoms with Crippen LogP contribution in [0.2, 0.25) is 5.02 Å². The van der Waals surface area contributed by atoms with E-state index < -0.39 is 0 Å². The zero-order valence-corrected chi connectivity index (χ0v) is 11.0. The molecule has 0 radical (unpaired) electrons. The Balaban J connectivity index is 1.91. The van der Waals surface area contributed by atoms with Crippen molar-refractivity contribution >= 4 is 11.6 Å². The second-order valence-electron chi connectivity index (χ2n) is 5.12. The maximum atomic E-state index is 6.61. The molecule has 0 amide bonds. The number of rotatable bonds is 2. The van der Waals surface area contributed by atoms with E-state index in [1.54, 1.807) is 0 Å². The summed E-state index contributed by atoms with van der Waals surface area (Å²) in [5.74, 6) is 0. The minimum atomic E-state index is -0.218. The molecule has 0 fully saturated rings. The summed E-state index contributed by atoms with van der Waals surface area (Å²) in [4.78, 5) is 0. The van der Waals surface area contributed by atoms with Crippen LogP contribution in [0.1, 0.15) is 23.1 Å². The molecule has 0 saturated carbocycles. The Morgan fingerprint density at radius 2 is 1.78 bits per heavy atom. The topological polar surface area (TPSA) is 26.0 Å². The van der Waals surface area contributed by atoms with Crippen LogP contribution >= 0.6 is 11.6 Å². The third-order valence-corrected chi connectivity index (χ3v) is 4.08. The molecule has 0 aromatic heterocycles. The summed E-state index contributed by atoms with van der Waals surface area (Å²) in [5.41, 5.74) is 10.3. The second-order valence-corrected chi connectivity index (χ2v) is 5.55. The molecule has 18 heavy (non-hydrogen) atoms. The van der Waals surface area contributed by atoms with Crippen LogP contribution in [0.15, 0.2) is 48.5 Å². The molecule has 2 aromatic carbocycles. The number of benzene rings is 2. The molecule has 0 saturated heterocycles. The number of aryl methyl sites for hydroxylation is 1. The first kappa shape index (κ1) is 11.8. The minimum absolute atomic E-state index is 0.218. The van der Waals surface area contributed by atoms with Gasteiger partial charge >= 0.3 is 0 Å². The van der Waals surface area contributed by atoms with Crippen LogP contribution in [0.25, 0.3) is 0 Å². The van der Waals surface area contributed by atoms with Gasteiger partial charge in [0.2, 0.25) is 0 Å². The number of halogens is 1. The first-order chi connectivity index (χ1) is 8.67. The van der Waals surface area contributed by atoms with Gasteiger partial charge in [-0.05, 0) is 48.1 Å². The van der Waals surface area contributed by atoms with Crippen LogP contribution in [0.3, 0.4) is 0 Å². The van der Waals surface area contributed by atoms with Crippen molar-refractivity contribution in [2.75, 3.05) is 0 Å². The van der Waals surface area contributed by atoms with Crippen molar-refractivity contribution in [3.05, 3.63) is 70.2 Å². The van der Waals surface area contributed by atoms with Crippen molar-refractivity contribution in [1.29, 1.82) is 0 Å². The highest BCUT2D eigenvalue weighted by Gasteiger charge is 2.34. The molecule has 0 heterocycles. The number of nitrogens with two attached hydrogens (primary N) is 1. The molecule has 2 N–H and O–H groups in total. The molecule has 1 aliphatic carbocycles. The smallest absolute Gasteiger partial charge is 0.0456 e. The van der Waals surface area contributed by atoms with E-state index >= 15 is 0 Å². The van der Waals surface area contributed by atoms with Crippen molar-refractivity contribution < 1.29 is 0 Å². The molecule has 1 aliphatic rings. The minimum Gasteiger partial charge on any atom is -0.321 e. The van der Waals surface area contributed by atoms with Crippen molar-refractivity contribution in [3.63, 3.8) is 0 Å². The zero-order valence-electron chi connectivity index (χ0n) is 10.2. The summed E-state index contributed by atoms with van der Waals surface area (Å²) in [7, 11) is 0. The van der Waals surface area contributed by atoms with Crippen LogP contribution in [0.4, 0.5) is 0 Å². The molecule has 92 valence electrons. The molecular weight excluding hydrogens is 242 g/mol. The largest absolute Gasteiger partial charge is 0.321 e. The van der Waals surface area contributed by atoms with Gasteiger partial charge in [-0.1, -0.05) is 48.0 Å². The van der Waals surface area contributed by atoms with E-state index in [0.717, 1.165) is 24.3 Å². The molecular formula is C16H16ClN. The average Bonchev–Trinajstić information content (AvgIpc) is 2.71. The zero-order chi connectivity index (χ0) is 12.6. The fourth-order valence-electron chi connectivity index (χ4n) is 2.87. The van der Waals surface area contributed by atoms with Gasteiger partial charge in [0.25, 0.3) is 0 Å². The molecule has 1 nitrogen and oxygen atoms in total. The van der Waals surface area contributed by atoms with Crippen molar-refractivity contribution in [2.24, 2.45) is 5.73 Å². The Labute approximate surface area is 113 Å². The summed E-state index contributed by atoms with van der Waals surface area (Å²) in [6.45, 7) is 0. The molecule has 1 atom stereocenters. The highest BCUT2D eigenvalue weighted by Crippen LogP contribution is 2.37. The molecule has 0 aliphatic heterocycles. The van der Waals surface area contributed by atoms with Crippen LogP contribution in [0.5, 0.6) is 0 Å². The van der Waals surface area contributed by atoms with Crippen molar-refractivity contribution in [2.45, 2.75) is 24.8 Å². The molecule has 2 aromatic rings. The lowest BCUT2D eigenvalue weighted by Crippen LogP contribution is -2.36. The number of hydrogen-bond acceptors (Lipinski definition) is 1. The van der Waals surface area contributed by atoms with Gasteiger partial charge in [0, 0.05) is 10.6 Å². The molecule has 3 rings (SSSR count). The first-order valence-electron chi connectivity index (χ1n) is 6.29. The van der Waals surface area contributed by atoms with Gasteiger partial charge in [-0.15, -0.1) is 0 Å². The normalized spacial score (nSPS) is 21.9. The van der Waals surface area contributed by atoms with Crippen LogP contribution < -0.4 is 5.73 Å². The fourth-order valence-corrected chi connectivity index (χ4v) is 2.99. The third kappa shape index (κ3) is 2.05. The van der Waals surface area contributed by atoms with Crippen molar-refractivity contribution in [1.82, 2.24) is 0 Å². The van der Waals surface area contributed by atoms with Crippen molar-refractivity contribution in [3.8, 4) is 0 Å². The second kappa shape index (κ2) is 4.42. The summed E-state index contributed by atoms with van der Waals surface area (Å²) >= 11 is 5.91. The van der Waals surface area contributed by atoms with E-state index in [1.807, 2.05) is 12.1 Å². The lowest BCUT2D eigenvalue weighted by atomic mass is 9.86. The monoisotopic (exact) mass is 257 g/mol. The molecule has 2 heteroatoms. The van der Waals surface area contributed by atoms with Crippen LogP contribution in [-0.2, 0) is 18.4 Å². The van der Waals surface area contributed by atoms with E-state index in [0.29, 0.717) is 0 Å². The fraction of sp³-hybridized carbons (Fsp3) is 0.250. The highest BCUT2D eigenvalue weighted by atomic mass is 35.5. The Hall–Kier alpha value is -1.31. The van der Waals surface area contributed by atoms with Gasteiger partial charge in [-0.3, -0.25) is 0 Å². The summed E-state index contributed by atoms with van der Waals surface area (Å²) in [6.07, 6.45) is 2.98. The predicted molar refractivity (Wildman–Crippen MR) is 75.8 cm³/mol. The Morgan fingerprint density at radius 1 is 1.06 bits per heavy atom. The summed E-state index contributed by atoms with van der Waals surface area (Å²) < 4.78 is 0. The summed E-state index contributed by atoms with van der Waals surface area (Å²) in [5, 5.41) is 0.775. The molecule has 0 bridgehead atoms. The molecule has 1 unspecified atom stereocenters. The van der Waals surface area contributed by atoms with E-state index in [1.165, 1.54) is 16.7 Å². The lowest BCUT2D eigenvalue weighted by molar-refractivity contribution is 0.439. The Morgan fingerprint density at radius 3 is 2.56 bits per heavy atom. The number of fused-ring (bicyclic) bond motifs is 1. The predicted octanol–water partition coefficient (Wildman–Crippen LogP) is 3.68. The quantitative estimate of drug-likeness (QED) is 0.873. The SMILES string of the molecule is NC1(Cc2ccc(Cl)cc2)CCc2ccccc21. The van der Waals surface area contributed by atoms with E-state index in [-0.39, 0.29) is 5.54 Å². The lowest BCUT2D eigenvalue weighted by Gasteiger charge is -2.25. The van der Waals surface area contributed by atoms with E-state index in [9.17, 15) is 0 Å². The number of hydrogen-bond donors (Lipinski definition) is 1. The maximum Gasteiger partial charge on any atom is 0.0456 e. The van der Waals surface area contributed by atoms with Gasteiger partial charge in [0.15, 0.2) is 0 Å². The van der Waals surface area contributed by atoms with Crippen LogP contribution in [0, 0.1) is 0 Å². The van der Waals surface area contributed by atoms with Gasteiger partial charge in [-0.2, -0.15) is 0 Å². The Bertz CT molecular complexity index is 562. The summed E-state index contributed by atoms with van der Waals surface area (Å²) in [6, 6.07) is 16.5. The van der Waals surface area contributed by atoms with Gasteiger partial charge in [-0.25, -0.2) is 0 Å². The molecule has 0 spiro atoms. The highest BCUT2D eigenvalue weighted by molar-refractivity contribution is 6.30.